The quantitative estimate of drug-likeness (QED) is 0.717. The third-order valence-electron chi connectivity index (χ3n) is 2.69. The van der Waals surface area contributed by atoms with Gasteiger partial charge in [0.25, 0.3) is 5.89 Å². The summed E-state index contributed by atoms with van der Waals surface area (Å²) in [6, 6.07) is 5.80. The monoisotopic (exact) mass is 269 g/mol. The van der Waals surface area contributed by atoms with Crippen molar-refractivity contribution in [2.45, 2.75) is 6.92 Å². The van der Waals surface area contributed by atoms with Gasteiger partial charge in [0.15, 0.2) is 0 Å². The van der Waals surface area contributed by atoms with Crippen molar-refractivity contribution in [2.75, 3.05) is 7.11 Å². The topological polar surface area (TPSA) is 86.8 Å². The van der Waals surface area contributed by atoms with Crippen LogP contribution in [0.25, 0.3) is 23.0 Å². The molecule has 0 amide bonds. The Balaban J connectivity index is 1.98. The van der Waals surface area contributed by atoms with E-state index < -0.39 is 0 Å². The molecule has 0 atom stereocenters. The van der Waals surface area contributed by atoms with Crippen LogP contribution < -0.4 is 4.74 Å². The smallest absolute Gasteiger partial charge is 0.316 e. The molecule has 3 aromatic heterocycles. The molecule has 0 saturated heterocycles. The zero-order valence-corrected chi connectivity index (χ0v) is 10.9. The number of hydrogen-bond acceptors (Lipinski definition) is 7. The molecule has 100 valence electrons. The van der Waals surface area contributed by atoms with E-state index in [1.807, 2.05) is 25.1 Å². The average molecular weight is 269 g/mol. The molecule has 0 spiro atoms. The third kappa shape index (κ3) is 2.20. The van der Waals surface area contributed by atoms with E-state index in [9.17, 15) is 0 Å². The number of hydrogen-bond donors (Lipinski definition) is 0. The van der Waals surface area contributed by atoms with E-state index in [-0.39, 0.29) is 0 Å². The first-order valence-electron chi connectivity index (χ1n) is 5.91. The van der Waals surface area contributed by atoms with Gasteiger partial charge in [0.2, 0.25) is 5.82 Å². The molecule has 0 unspecified atom stereocenters. The molecule has 3 aromatic rings. The maximum Gasteiger partial charge on any atom is 0.316 e. The van der Waals surface area contributed by atoms with Crippen LogP contribution in [-0.2, 0) is 0 Å². The Labute approximate surface area is 114 Å². The van der Waals surface area contributed by atoms with E-state index in [2.05, 4.69) is 25.1 Å². The number of aryl methyl sites for hydroxylation is 1. The van der Waals surface area contributed by atoms with Gasteiger partial charge in [0.05, 0.1) is 18.4 Å². The zero-order valence-electron chi connectivity index (χ0n) is 10.9. The van der Waals surface area contributed by atoms with Crippen molar-refractivity contribution in [3.63, 3.8) is 0 Å². The van der Waals surface area contributed by atoms with Gasteiger partial charge in [-0.05, 0) is 19.1 Å². The molecule has 0 bridgehead atoms. The fourth-order valence-electron chi connectivity index (χ4n) is 1.69. The van der Waals surface area contributed by atoms with E-state index in [0.717, 1.165) is 0 Å². The number of methoxy groups -OCH3 is 1. The summed E-state index contributed by atoms with van der Waals surface area (Å²) in [5.74, 6) is 0.779. The highest BCUT2D eigenvalue weighted by Crippen LogP contribution is 2.23. The molecule has 0 aliphatic carbocycles. The summed E-state index contributed by atoms with van der Waals surface area (Å²) >= 11 is 0. The van der Waals surface area contributed by atoms with Gasteiger partial charge in [0, 0.05) is 12.4 Å². The van der Waals surface area contributed by atoms with Gasteiger partial charge in [-0.2, -0.15) is 9.97 Å². The van der Waals surface area contributed by atoms with Crippen molar-refractivity contribution in [1.29, 1.82) is 0 Å². The van der Waals surface area contributed by atoms with Crippen molar-refractivity contribution in [3.8, 4) is 29.0 Å². The largest absolute Gasteiger partial charge is 0.467 e. The Kier molecular flexibility index (Phi) is 3.08. The molecule has 0 radical (unpaired) electrons. The van der Waals surface area contributed by atoms with Crippen LogP contribution in [0, 0.1) is 6.92 Å². The van der Waals surface area contributed by atoms with Crippen LogP contribution in [0.5, 0.6) is 6.01 Å². The maximum absolute atomic E-state index is 5.24. The number of aromatic nitrogens is 5. The van der Waals surface area contributed by atoms with Crippen molar-refractivity contribution in [2.24, 2.45) is 0 Å². The predicted octanol–water partition coefficient (Wildman–Crippen LogP) is 1.91. The minimum Gasteiger partial charge on any atom is -0.467 e. The van der Waals surface area contributed by atoms with E-state index in [0.29, 0.717) is 34.7 Å². The lowest BCUT2D eigenvalue weighted by atomic mass is 10.2. The fourth-order valence-corrected chi connectivity index (χ4v) is 1.69. The molecule has 0 aliphatic heterocycles. The average Bonchev–Trinajstić information content (AvgIpc) is 2.97. The van der Waals surface area contributed by atoms with E-state index in [1.165, 1.54) is 7.11 Å². The zero-order chi connectivity index (χ0) is 13.9. The SMILES string of the molecule is COc1ncc(-c2nc(-c3ccccn3)no2)c(C)n1. The van der Waals surface area contributed by atoms with Gasteiger partial charge in [-0.3, -0.25) is 4.98 Å². The van der Waals surface area contributed by atoms with E-state index in [1.54, 1.807) is 12.4 Å². The maximum atomic E-state index is 5.24. The Morgan fingerprint density at radius 2 is 2.05 bits per heavy atom. The molecule has 3 rings (SSSR count). The summed E-state index contributed by atoms with van der Waals surface area (Å²) < 4.78 is 10.2. The second kappa shape index (κ2) is 5.04. The lowest BCUT2D eigenvalue weighted by Gasteiger charge is -2.01. The van der Waals surface area contributed by atoms with E-state index in [4.69, 9.17) is 9.26 Å². The van der Waals surface area contributed by atoms with Gasteiger partial charge < -0.3 is 9.26 Å². The first-order valence-corrected chi connectivity index (χ1v) is 5.91. The molecule has 7 heteroatoms. The molecule has 0 saturated carbocycles. The van der Waals surface area contributed by atoms with Crippen LogP contribution in [0.3, 0.4) is 0 Å². The highest BCUT2D eigenvalue weighted by molar-refractivity contribution is 5.58. The third-order valence-corrected chi connectivity index (χ3v) is 2.69. The fraction of sp³-hybridized carbons (Fsp3) is 0.154. The van der Waals surface area contributed by atoms with Crippen molar-refractivity contribution >= 4 is 0 Å². The Bertz CT molecular complexity index is 727. The number of nitrogens with zero attached hydrogens (tertiary/aromatic N) is 5. The van der Waals surface area contributed by atoms with Crippen LogP contribution in [0.1, 0.15) is 5.69 Å². The highest BCUT2D eigenvalue weighted by atomic mass is 16.5. The van der Waals surface area contributed by atoms with Crippen LogP contribution in [0.4, 0.5) is 0 Å². The summed E-state index contributed by atoms with van der Waals surface area (Å²) in [7, 11) is 1.51. The first kappa shape index (κ1) is 12.2. The summed E-state index contributed by atoms with van der Waals surface area (Å²) in [6.45, 7) is 1.82. The molecule has 3 heterocycles. The number of pyridine rings is 1. The van der Waals surface area contributed by atoms with Gasteiger partial charge >= 0.3 is 6.01 Å². The van der Waals surface area contributed by atoms with Gasteiger partial charge in [-0.25, -0.2) is 4.98 Å². The predicted molar refractivity (Wildman–Crippen MR) is 69.8 cm³/mol. The van der Waals surface area contributed by atoms with Crippen molar-refractivity contribution < 1.29 is 9.26 Å². The summed E-state index contributed by atoms with van der Waals surface area (Å²) in [6.07, 6.45) is 3.27. The molecule has 0 N–H and O–H groups in total. The molecule has 20 heavy (non-hydrogen) atoms. The Morgan fingerprint density at radius 3 is 2.75 bits per heavy atom. The van der Waals surface area contributed by atoms with Crippen LogP contribution >= 0.6 is 0 Å². The standard InChI is InChI=1S/C13H11N5O2/c1-8-9(7-15-13(16-8)19-2)12-17-11(18-20-12)10-5-3-4-6-14-10/h3-7H,1-2H3. The number of ether oxygens (including phenoxy) is 1. The Hall–Kier alpha value is -2.83. The minimum absolute atomic E-state index is 0.302. The van der Waals surface area contributed by atoms with Crippen molar-refractivity contribution in [1.82, 2.24) is 25.1 Å². The molecule has 0 fully saturated rings. The van der Waals surface area contributed by atoms with Gasteiger partial charge in [0.1, 0.15) is 5.69 Å². The van der Waals surface area contributed by atoms with Gasteiger partial charge in [-0.1, -0.05) is 11.2 Å². The van der Waals surface area contributed by atoms with Gasteiger partial charge in [-0.15, -0.1) is 0 Å². The Morgan fingerprint density at radius 1 is 1.15 bits per heavy atom. The lowest BCUT2D eigenvalue weighted by Crippen LogP contribution is -1.96. The highest BCUT2D eigenvalue weighted by Gasteiger charge is 2.15. The first-order chi connectivity index (χ1) is 9.78. The summed E-state index contributed by atoms with van der Waals surface area (Å²) in [5.41, 5.74) is 2.02. The molecule has 0 aliphatic rings. The van der Waals surface area contributed by atoms with Crippen LogP contribution in [0.2, 0.25) is 0 Å². The normalized spacial score (nSPS) is 10.5. The summed E-state index contributed by atoms with van der Waals surface area (Å²) in [5, 5.41) is 3.91. The second-order valence-electron chi connectivity index (χ2n) is 3.99. The number of rotatable bonds is 3. The van der Waals surface area contributed by atoms with Crippen LogP contribution in [0.15, 0.2) is 35.1 Å². The lowest BCUT2D eigenvalue weighted by molar-refractivity contribution is 0.378. The molecule has 0 aromatic carbocycles. The van der Waals surface area contributed by atoms with Crippen molar-refractivity contribution in [3.05, 3.63) is 36.3 Å². The van der Waals surface area contributed by atoms with E-state index >= 15 is 0 Å². The molecular weight excluding hydrogens is 258 g/mol. The second-order valence-corrected chi connectivity index (χ2v) is 3.99. The minimum atomic E-state index is 0.302. The van der Waals surface area contributed by atoms with Crippen LogP contribution in [-0.4, -0.2) is 32.2 Å². The molecular formula is C13H11N5O2. The summed E-state index contributed by atoms with van der Waals surface area (Å²) in [4.78, 5) is 16.7. The molecule has 7 nitrogen and oxygen atoms in total.